The van der Waals surface area contributed by atoms with Gasteiger partial charge < -0.3 is 14.8 Å². The van der Waals surface area contributed by atoms with Crippen molar-refractivity contribution in [2.45, 2.75) is 44.1 Å². The van der Waals surface area contributed by atoms with Gasteiger partial charge in [0.15, 0.2) is 0 Å². The number of anilines is 2. The number of benzene rings is 2. The van der Waals surface area contributed by atoms with Crippen LogP contribution < -0.4 is 15.4 Å². The second-order valence-electron chi connectivity index (χ2n) is 8.75. The summed E-state index contributed by atoms with van der Waals surface area (Å²) in [6.07, 6.45) is 0.709. The van der Waals surface area contributed by atoms with E-state index in [9.17, 15) is 22.4 Å². The number of ether oxygens (including phenoxy) is 2. The second kappa shape index (κ2) is 9.98. The average molecular weight is 494 g/mol. The highest BCUT2D eigenvalue weighted by atomic mass is 32.2. The Labute approximate surface area is 198 Å². The lowest BCUT2D eigenvalue weighted by Gasteiger charge is -2.20. The summed E-state index contributed by atoms with van der Waals surface area (Å²) in [5.41, 5.74) is -0.188. The van der Waals surface area contributed by atoms with Gasteiger partial charge >= 0.3 is 6.09 Å². The maximum Gasteiger partial charge on any atom is 0.412 e. The van der Waals surface area contributed by atoms with Crippen molar-refractivity contribution in [2.24, 2.45) is 0 Å². The van der Waals surface area contributed by atoms with Gasteiger partial charge in [-0.05, 0) is 70.0 Å². The molecule has 1 aliphatic heterocycles. The zero-order chi connectivity index (χ0) is 25.1. The van der Waals surface area contributed by atoms with Crippen LogP contribution in [0.1, 0.15) is 44.0 Å². The van der Waals surface area contributed by atoms with E-state index in [0.29, 0.717) is 37.4 Å². The van der Waals surface area contributed by atoms with Crippen LogP contribution in [0.3, 0.4) is 0 Å². The van der Waals surface area contributed by atoms with Crippen molar-refractivity contribution in [3.05, 3.63) is 47.8 Å². The van der Waals surface area contributed by atoms with Gasteiger partial charge in [0.05, 0.1) is 12.8 Å². The number of sulfonamides is 1. The normalized spacial score (nSPS) is 14.5. The fourth-order valence-electron chi connectivity index (χ4n) is 3.41. The van der Waals surface area contributed by atoms with Crippen molar-refractivity contribution in [1.82, 2.24) is 4.31 Å². The maximum absolute atomic E-state index is 14.4. The molecule has 1 saturated heterocycles. The molecule has 1 aliphatic rings. The van der Waals surface area contributed by atoms with Crippen LogP contribution in [0.4, 0.5) is 20.6 Å². The highest BCUT2D eigenvalue weighted by Crippen LogP contribution is 2.29. The molecule has 2 amide bonds. The highest BCUT2D eigenvalue weighted by molar-refractivity contribution is 7.89. The first-order chi connectivity index (χ1) is 15.9. The molecule has 0 aromatic heterocycles. The molecule has 184 valence electrons. The fourth-order valence-corrected chi connectivity index (χ4v) is 5.02. The molecule has 11 heteroatoms. The van der Waals surface area contributed by atoms with Crippen molar-refractivity contribution in [3.63, 3.8) is 0 Å². The Bertz CT molecular complexity index is 1190. The van der Waals surface area contributed by atoms with E-state index in [1.165, 1.54) is 29.6 Å². The van der Waals surface area contributed by atoms with Gasteiger partial charge in [-0.15, -0.1) is 0 Å². The predicted octanol–water partition coefficient (Wildman–Crippen LogP) is 4.22. The molecule has 1 fully saturated rings. The lowest BCUT2D eigenvalue weighted by molar-refractivity contribution is 0.0635. The molecule has 0 bridgehead atoms. The molecule has 2 aromatic carbocycles. The summed E-state index contributed by atoms with van der Waals surface area (Å²) < 4.78 is 51.7. The minimum atomic E-state index is -4.04. The lowest BCUT2D eigenvalue weighted by Crippen LogP contribution is -2.29. The molecule has 0 saturated carbocycles. The average Bonchev–Trinajstić information content (AvgIpc) is 3.28. The Kier molecular flexibility index (Phi) is 7.47. The number of hydrogen-bond donors (Lipinski definition) is 2. The zero-order valence-electron chi connectivity index (χ0n) is 19.5. The van der Waals surface area contributed by atoms with Crippen LogP contribution in [0.25, 0.3) is 0 Å². The number of nitrogens with one attached hydrogen (secondary N) is 2. The van der Waals surface area contributed by atoms with Crippen LogP contribution in [0, 0.1) is 5.82 Å². The topological polar surface area (TPSA) is 114 Å². The second-order valence-corrected chi connectivity index (χ2v) is 10.7. The Morgan fingerprint density at radius 1 is 1.03 bits per heavy atom. The molecule has 2 N–H and O–H groups in total. The third-order valence-corrected chi connectivity index (χ3v) is 6.88. The number of rotatable bonds is 6. The SMILES string of the molecule is COc1ccc(NC(=O)c2ccc(F)c(S(=O)(=O)N3CCCC3)c2)cc1NC(=O)OC(C)(C)C. The smallest absolute Gasteiger partial charge is 0.412 e. The molecule has 34 heavy (non-hydrogen) atoms. The van der Waals surface area contributed by atoms with Crippen LogP contribution in [0.2, 0.25) is 0 Å². The molecule has 0 aliphatic carbocycles. The van der Waals surface area contributed by atoms with E-state index < -0.39 is 38.3 Å². The Balaban J connectivity index is 1.82. The third kappa shape index (κ3) is 6.03. The van der Waals surface area contributed by atoms with Crippen LogP contribution in [-0.2, 0) is 14.8 Å². The molecule has 0 radical (unpaired) electrons. The van der Waals surface area contributed by atoms with E-state index in [1.54, 1.807) is 26.8 Å². The molecule has 2 aromatic rings. The van der Waals surface area contributed by atoms with Gasteiger partial charge in [0.1, 0.15) is 22.1 Å². The van der Waals surface area contributed by atoms with Gasteiger partial charge in [-0.25, -0.2) is 17.6 Å². The van der Waals surface area contributed by atoms with Crippen molar-refractivity contribution >= 4 is 33.4 Å². The quantitative estimate of drug-likeness (QED) is 0.623. The number of hydrogen-bond acceptors (Lipinski definition) is 6. The minimum absolute atomic E-state index is 0.0309. The van der Waals surface area contributed by atoms with Crippen LogP contribution >= 0.6 is 0 Å². The van der Waals surface area contributed by atoms with Crippen molar-refractivity contribution < 1.29 is 31.9 Å². The predicted molar refractivity (Wildman–Crippen MR) is 125 cm³/mol. The summed E-state index contributed by atoms with van der Waals surface area (Å²) in [6.45, 7) is 5.80. The van der Waals surface area contributed by atoms with Crippen molar-refractivity contribution in [2.75, 3.05) is 30.8 Å². The van der Waals surface area contributed by atoms with E-state index >= 15 is 0 Å². The molecule has 0 unspecified atom stereocenters. The van der Waals surface area contributed by atoms with Gasteiger partial charge in [0.2, 0.25) is 10.0 Å². The standard InChI is InChI=1S/C23H28FN3O6S/c1-23(2,3)33-22(29)26-18-14-16(8-10-19(18)32-4)25-21(28)15-7-9-17(24)20(13-15)34(30,31)27-11-5-6-12-27/h7-10,13-14H,5-6,11-12H2,1-4H3,(H,25,28)(H,26,29). The Morgan fingerprint density at radius 3 is 2.32 bits per heavy atom. The van der Waals surface area contributed by atoms with Gasteiger partial charge in [-0.3, -0.25) is 10.1 Å². The monoisotopic (exact) mass is 493 g/mol. The first-order valence-electron chi connectivity index (χ1n) is 10.7. The minimum Gasteiger partial charge on any atom is -0.495 e. The summed E-state index contributed by atoms with van der Waals surface area (Å²) in [4.78, 5) is 24.4. The molecular weight excluding hydrogens is 465 g/mol. The summed E-state index contributed by atoms with van der Waals surface area (Å²) >= 11 is 0. The van der Waals surface area contributed by atoms with Crippen LogP contribution in [0.5, 0.6) is 5.75 Å². The van der Waals surface area contributed by atoms with Crippen LogP contribution in [-0.4, -0.2) is 50.5 Å². The maximum atomic E-state index is 14.4. The van der Waals surface area contributed by atoms with Crippen molar-refractivity contribution in [1.29, 1.82) is 0 Å². The molecule has 1 heterocycles. The molecule has 3 rings (SSSR count). The number of carbonyl (C=O) groups excluding carboxylic acids is 2. The first-order valence-corrected chi connectivity index (χ1v) is 12.1. The third-order valence-electron chi connectivity index (χ3n) is 4.97. The zero-order valence-corrected chi connectivity index (χ0v) is 20.3. The number of carbonyl (C=O) groups is 2. The number of amides is 2. The highest BCUT2D eigenvalue weighted by Gasteiger charge is 2.30. The van der Waals surface area contributed by atoms with Gasteiger partial charge in [-0.2, -0.15) is 4.31 Å². The largest absolute Gasteiger partial charge is 0.495 e. The number of halogens is 1. The Hall–Kier alpha value is -3.18. The van der Waals surface area contributed by atoms with Crippen molar-refractivity contribution in [3.8, 4) is 5.75 Å². The molecule has 9 nitrogen and oxygen atoms in total. The summed E-state index contributed by atoms with van der Waals surface area (Å²) in [5, 5.41) is 5.19. The van der Waals surface area contributed by atoms with Gasteiger partial charge in [-0.1, -0.05) is 0 Å². The first kappa shape index (κ1) is 25.4. The Morgan fingerprint density at radius 2 is 1.71 bits per heavy atom. The number of methoxy groups -OCH3 is 1. The lowest BCUT2D eigenvalue weighted by atomic mass is 10.2. The van der Waals surface area contributed by atoms with Gasteiger partial charge in [0, 0.05) is 24.3 Å². The van der Waals surface area contributed by atoms with E-state index in [1.807, 2.05) is 0 Å². The van der Waals surface area contributed by atoms with Crippen LogP contribution in [0.15, 0.2) is 41.3 Å². The fraction of sp³-hybridized carbons (Fsp3) is 0.391. The van der Waals surface area contributed by atoms with E-state index in [0.717, 1.165) is 12.1 Å². The van der Waals surface area contributed by atoms with E-state index in [2.05, 4.69) is 10.6 Å². The summed E-state index contributed by atoms with van der Waals surface area (Å²) in [5.74, 6) is -1.23. The summed E-state index contributed by atoms with van der Waals surface area (Å²) in [6, 6.07) is 7.74. The van der Waals surface area contributed by atoms with Gasteiger partial charge in [0.25, 0.3) is 5.91 Å². The van der Waals surface area contributed by atoms with E-state index in [-0.39, 0.29) is 11.3 Å². The molecular formula is C23H28FN3O6S. The molecule has 0 atom stereocenters. The van der Waals surface area contributed by atoms with E-state index in [4.69, 9.17) is 9.47 Å². The summed E-state index contributed by atoms with van der Waals surface area (Å²) in [7, 11) is -2.62. The number of nitrogens with zero attached hydrogens (tertiary/aromatic N) is 1. The molecule has 0 spiro atoms.